The molecule has 0 aromatic rings. The number of nitrogens with one attached hydrogen (secondary N) is 1. The molecule has 5 atom stereocenters. The van der Waals surface area contributed by atoms with E-state index in [2.05, 4.69) is 4.74 Å². The van der Waals surface area contributed by atoms with E-state index in [9.17, 15) is 15.0 Å². The van der Waals surface area contributed by atoms with Crippen LogP contribution >= 0.6 is 0 Å². The van der Waals surface area contributed by atoms with Crippen LogP contribution in [0, 0.1) is 182 Å². The molecule has 0 bridgehead atoms. The molecule has 0 saturated heterocycles. The zero-order valence-electron chi connectivity index (χ0n) is 12.5. The van der Waals surface area contributed by atoms with Crippen LogP contribution in [0.2, 0.25) is 0 Å². The van der Waals surface area contributed by atoms with E-state index in [-0.39, 0.29) is 182 Å². The molecule has 4 N–H and O–H groups in total. The number of carbonyl (C=O) groups excluding carboxylic acids is 1. The summed E-state index contributed by atoms with van der Waals surface area (Å²) in [5.41, 5.74) is 7.76. The maximum Gasteiger partial charge on any atom is 0.373 e. The number of aliphatic hydroxyl groups is 3. The van der Waals surface area contributed by atoms with E-state index in [0.717, 1.165) is 6.08 Å². The molecule has 7 nitrogen and oxygen atoms in total. The van der Waals surface area contributed by atoms with Crippen molar-refractivity contribution < 1.29 is 206 Å². The monoisotopic (exact) mass is 1170 g/mol. The van der Waals surface area contributed by atoms with E-state index in [4.69, 9.17) is 15.6 Å². The van der Waals surface area contributed by atoms with Crippen LogP contribution in [0.4, 0.5) is 0 Å². The number of ether oxygens (including phenoxy) is 2. The molecule has 116 valence electrons. The average molecular weight is 1170 g/mol. The predicted molar refractivity (Wildman–Crippen MR) is 61.3 cm³/mol. The Morgan fingerprint density at radius 1 is 1.41 bits per heavy atom. The van der Waals surface area contributed by atoms with Crippen molar-refractivity contribution in [1.82, 2.24) is 0 Å². The number of aliphatic hydroxyl groups excluding tert-OH is 3. The maximum atomic E-state index is 11.3. The molecular weight excluding hydrogens is 1150 g/mol. The van der Waals surface area contributed by atoms with Gasteiger partial charge in [0.1, 0.15) is 0 Å². The first kappa shape index (κ1) is 34.1. The van der Waals surface area contributed by atoms with Gasteiger partial charge in [0.05, 0.1) is 32.0 Å². The summed E-state index contributed by atoms with van der Waals surface area (Å²) in [6, 6.07) is -1.05. The third-order valence-corrected chi connectivity index (χ3v) is 3.01. The first-order valence-corrected chi connectivity index (χ1v) is 5.57. The second-order valence-corrected chi connectivity index (χ2v) is 4.23. The third-order valence-electron chi connectivity index (χ3n) is 3.01. The Balaban J connectivity index is -0.000000405. The molecular formula is C11H18Ac4NO6-. The quantitative estimate of drug-likeness (QED) is 0.318. The molecule has 4 unspecified atom stereocenters. The second kappa shape index (κ2) is 17.7. The minimum atomic E-state index is -1.19. The van der Waals surface area contributed by atoms with E-state index < -0.39 is 42.8 Å². The fraction of sp³-hybridized carbons (Fsp3) is 0.727. The third kappa shape index (κ3) is 10.2. The number of methoxy groups -OCH3 is 1. The zero-order valence-corrected chi connectivity index (χ0v) is 31.5. The van der Waals surface area contributed by atoms with Gasteiger partial charge in [-0.15, -0.1) is 0 Å². The van der Waals surface area contributed by atoms with Crippen molar-refractivity contribution in [2.45, 2.75) is 31.3 Å². The first-order chi connectivity index (χ1) is 8.42. The molecule has 0 aromatic carbocycles. The van der Waals surface area contributed by atoms with Crippen LogP contribution in [0.25, 0.3) is 5.73 Å². The Morgan fingerprint density at radius 2 is 1.91 bits per heavy atom. The second-order valence-electron chi connectivity index (χ2n) is 4.23. The standard InChI is InChI=1S/C11H18NO6.4Ac/c1-5(7(15)4-13)10-9(12)6(14)3-8(18-10)11(16)17-2;;;;/h3,5-7,9-10,12-15H,4H2,1-2H3;;;;/q-1;;;;/t5?,6?,7?,9?,10-;;;;/m0..../s1. The Kier molecular flexibility index (Phi) is 27.5. The van der Waals surface area contributed by atoms with Crippen molar-refractivity contribution in [3.63, 3.8) is 0 Å². The summed E-state index contributed by atoms with van der Waals surface area (Å²) in [5, 5.41) is 28.1. The Morgan fingerprint density at radius 3 is 2.32 bits per heavy atom. The van der Waals surface area contributed by atoms with E-state index in [1.165, 1.54) is 7.11 Å². The molecule has 0 aliphatic carbocycles. The molecule has 1 aliphatic heterocycles. The van der Waals surface area contributed by atoms with Gasteiger partial charge in [-0.3, -0.25) is 0 Å². The smallest absolute Gasteiger partial charge is 0.373 e. The molecule has 0 spiro atoms. The number of hydrogen-bond donors (Lipinski definition) is 3. The van der Waals surface area contributed by atoms with Gasteiger partial charge in [-0.05, 0) is 6.08 Å². The summed E-state index contributed by atoms with van der Waals surface area (Å²) in [5.74, 6) is -1.55. The van der Waals surface area contributed by atoms with Gasteiger partial charge in [-0.25, -0.2) is 4.79 Å². The minimum absolute atomic E-state index is 0. The van der Waals surface area contributed by atoms with Crippen LogP contribution in [0.15, 0.2) is 11.8 Å². The molecule has 1 aliphatic rings. The van der Waals surface area contributed by atoms with Gasteiger partial charge in [0.15, 0.2) is 0 Å². The van der Waals surface area contributed by atoms with Crippen LogP contribution in [-0.4, -0.2) is 59.4 Å². The van der Waals surface area contributed by atoms with Gasteiger partial charge in [0.25, 0.3) is 0 Å². The number of rotatable bonds is 4. The molecule has 0 fully saturated rings. The molecule has 0 aromatic heterocycles. The van der Waals surface area contributed by atoms with Crippen molar-refractivity contribution in [2.24, 2.45) is 5.92 Å². The Hall–Kier alpha value is 4.62. The molecule has 4 radical (unpaired) electrons. The van der Waals surface area contributed by atoms with Crippen molar-refractivity contribution in [2.75, 3.05) is 13.7 Å². The van der Waals surface area contributed by atoms with E-state index in [0.29, 0.717) is 0 Å². The minimum Gasteiger partial charge on any atom is -0.669 e. The fourth-order valence-electron chi connectivity index (χ4n) is 1.75. The van der Waals surface area contributed by atoms with Gasteiger partial charge in [0.2, 0.25) is 5.76 Å². The summed E-state index contributed by atoms with van der Waals surface area (Å²) in [6.07, 6.45) is -2.07. The topological polar surface area (TPSA) is 120 Å². The van der Waals surface area contributed by atoms with Crippen LogP contribution < -0.4 is 0 Å². The van der Waals surface area contributed by atoms with Crippen molar-refractivity contribution >= 4 is 5.97 Å². The van der Waals surface area contributed by atoms with E-state index in [1.807, 2.05) is 0 Å². The largest absolute Gasteiger partial charge is 0.669 e. The molecule has 1 rings (SSSR count). The molecule has 11 heteroatoms. The molecule has 1 heterocycles. The number of carbonyl (C=O) groups is 1. The Labute approximate surface area is 273 Å². The maximum absolute atomic E-state index is 11.3. The summed E-state index contributed by atoms with van der Waals surface area (Å²) in [6.45, 7) is 1.08. The van der Waals surface area contributed by atoms with Crippen molar-refractivity contribution in [1.29, 1.82) is 0 Å². The fourth-order valence-corrected chi connectivity index (χ4v) is 1.75. The van der Waals surface area contributed by atoms with Crippen LogP contribution in [-0.2, 0) is 14.3 Å². The van der Waals surface area contributed by atoms with Gasteiger partial charge in [-0.1, -0.05) is 13.0 Å². The van der Waals surface area contributed by atoms with Crippen LogP contribution in [0.3, 0.4) is 0 Å². The Bertz CT molecular complexity index is 347. The van der Waals surface area contributed by atoms with Crippen LogP contribution in [0.1, 0.15) is 6.92 Å². The van der Waals surface area contributed by atoms with Gasteiger partial charge >= 0.3 is 5.97 Å². The summed E-state index contributed by atoms with van der Waals surface area (Å²) < 4.78 is 9.75. The van der Waals surface area contributed by atoms with Crippen LogP contribution in [0.5, 0.6) is 0 Å². The summed E-state index contributed by atoms with van der Waals surface area (Å²) in [4.78, 5) is 11.3. The SMILES string of the molecule is COC(=O)C1=CC(O)C([NH-])[C@H](C(C)C(O)CO)O1.[Ac].[Ac].[Ac].[Ac]. The van der Waals surface area contributed by atoms with Crippen molar-refractivity contribution in [3.8, 4) is 0 Å². The zero-order chi connectivity index (χ0) is 13.9. The average Bonchev–Trinajstić information content (AvgIpc) is 2.38. The number of hydrogen-bond acceptors (Lipinski definition) is 6. The summed E-state index contributed by atoms with van der Waals surface area (Å²) in [7, 11) is 1.17. The van der Waals surface area contributed by atoms with Gasteiger partial charge < -0.3 is 30.5 Å². The first-order valence-electron chi connectivity index (χ1n) is 5.57. The molecule has 22 heavy (non-hydrogen) atoms. The van der Waals surface area contributed by atoms with Gasteiger partial charge in [-0.2, -0.15) is 0 Å². The predicted octanol–water partition coefficient (Wildman–Crippen LogP) is -0.787. The normalized spacial score (nSPS) is 25.4. The van der Waals surface area contributed by atoms with E-state index >= 15 is 0 Å². The summed E-state index contributed by atoms with van der Waals surface area (Å²) >= 11 is 0. The van der Waals surface area contributed by atoms with Crippen molar-refractivity contribution in [3.05, 3.63) is 17.6 Å². The van der Waals surface area contributed by atoms with Gasteiger partial charge in [0, 0.05) is 182 Å². The van der Waals surface area contributed by atoms with E-state index in [1.54, 1.807) is 6.92 Å². The molecule has 0 saturated carbocycles. The number of esters is 1. The molecule has 0 amide bonds.